The van der Waals surface area contributed by atoms with E-state index in [9.17, 15) is 4.79 Å². The van der Waals surface area contributed by atoms with Crippen LogP contribution in [0.3, 0.4) is 0 Å². The quantitative estimate of drug-likeness (QED) is 0.777. The third kappa shape index (κ3) is 2.71. The second kappa shape index (κ2) is 6.22. The summed E-state index contributed by atoms with van der Waals surface area (Å²) in [6.45, 7) is 0.756. The van der Waals surface area contributed by atoms with Crippen molar-refractivity contribution < 1.29 is 4.74 Å². The maximum Gasteiger partial charge on any atom is 0.256 e. The lowest BCUT2D eigenvalue weighted by molar-refractivity contribution is 0.332. The van der Waals surface area contributed by atoms with Crippen molar-refractivity contribution in [3.05, 3.63) is 63.9 Å². The Morgan fingerprint density at radius 3 is 2.59 bits per heavy atom. The summed E-state index contributed by atoms with van der Waals surface area (Å²) in [6.07, 6.45) is 0. The highest BCUT2D eigenvalue weighted by atomic mass is 35.5. The van der Waals surface area contributed by atoms with Gasteiger partial charge in [-0.1, -0.05) is 41.9 Å². The fourth-order valence-electron chi connectivity index (χ4n) is 2.41. The molecule has 0 saturated heterocycles. The maximum absolute atomic E-state index is 12.3. The molecule has 2 aromatic carbocycles. The first-order valence-electron chi connectivity index (χ1n) is 6.94. The number of halogens is 1. The number of H-pyrrole nitrogens is 1. The Kier molecular flexibility index (Phi) is 4.13. The Morgan fingerprint density at radius 2 is 1.86 bits per heavy atom. The number of hydrogen-bond donors (Lipinski definition) is 2. The van der Waals surface area contributed by atoms with Crippen molar-refractivity contribution in [1.29, 1.82) is 0 Å². The number of aromatic amines is 1. The zero-order valence-electron chi connectivity index (χ0n) is 11.8. The molecule has 0 unspecified atom stereocenters. The summed E-state index contributed by atoms with van der Waals surface area (Å²) >= 11 is 6.06. The number of pyridine rings is 1. The molecule has 22 heavy (non-hydrogen) atoms. The van der Waals surface area contributed by atoms with E-state index in [2.05, 4.69) is 4.98 Å². The fourth-order valence-corrected chi connectivity index (χ4v) is 2.60. The van der Waals surface area contributed by atoms with Crippen LogP contribution in [0, 0.1) is 0 Å². The average Bonchev–Trinajstić information content (AvgIpc) is 2.54. The van der Waals surface area contributed by atoms with Gasteiger partial charge in [-0.3, -0.25) is 4.79 Å². The minimum absolute atomic E-state index is 0.161. The van der Waals surface area contributed by atoms with Crippen LogP contribution in [0.4, 0.5) is 0 Å². The second-order valence-electron chi connectivity index (χ2n) is 4.85. The highest BCUT2D eigenvalue weighted by Gasteiger charge is 2.14. The maximum atomic E-state index is 12.3. The van der Waals surface area contributed by atoms with E-state index < -0.39 is 0 Å². The standard InChI is InChI=1S/C17H15ClN2O2/c18-12-5-3-4-11(10-12)15-16(22-9-8-19)13-6-1-2-7-14(13)17(21)20-15/h1-7,10H,8-9,19H2,(H,20,21). The van der Waals surface area contributed by atoms with Gasteiger partial charge in [-0.25, -0.2) is 0 Å². The van der Waals surface area contributed by atoms with Gasteiger partial charge in [0.05, 0.1) is 11.1 Å². The molecule has 5 heteroatoms. The van der Waals surface area contributed by atoms with Gasteiger partial charge in [0.15, 0.2) is 5.75 Å². The van der Waals surface area contributed by atoms with Crippen molar-refractivity contribution in [2.45, 2.75) is 0 Å². The van der Waals surface area contributed by atoms with Crippen LogP contribution in [0.5, 0.6) is 5.75 Å². The molecule has 3 aromatic rings. The SMILES string of the molecule is NCCOc1c(-c2cccc(Cl)c2)[nH]c(=O)c2ccccc12. The summed E-state index contributed by atoms with van der Waals surface area (Å²) in [6, 6.07) is 14.6. The van der Waals surface area contributed by atoms with Gasteiger partial charge in [-0.2, -0.15) is 0 Å². The van der Waals surface area contributed by atoms with E-state index in [0.29, 0.717) is 35.0 Å². The van der Waals surface area contributed by atoms with Crippen LogP contribution in [-0.2, 0) is 0 Å². The van der Waals surface area contributed by atoms with Gasteiger partial charge >= 0.3 is 0 Å². The number of hydrogen-bond acceptors (Lipinski definition) is 3. The number of benzene rings is 2. The van der Waals surface area contributed by atoms with Crippen LogP contribution in [0.25, 0.3) is 22.0 Å². The summed E-state index contributed by atoms with van der Waals surface area (Å²) in [7, 11) is 0. The number of fused-ring (bicyclic) bond motifs is 1. The van der Waals surface area contributed by atoms with Gasteiger partial charge in [0.1, 0.15) is 6.61 Å². The van der Waals surface area contributed by atoms with Crippen molar-refractivity contribution in [3.63, 3.8) is 0 Å². The van der Waals surface area contributed by atoms with E-state index >= 15 is 0 Å². The zero-order valence-corrected chi connectivity index (χ0v) is 12.6. The molecule has 0 fully saturated rings. The first-order valence-corrected chi connectivity index (χ1v) is 7.32. The molecule has 1 heterocycles. The fraction of sp³-hybridized carbons (Fsp3) is 0.118. The first-order chi connectivity index (χ1) is 10.7. The molecule has 4 nitrogen and oxygen atoms in total. The van der Waals surface area contributed by atoms with Crippen LogP contribution in [0.15, 0.2) is 53.3 Å². The molecule has 0 spiro atoms. The molecule has 0 amide bonds. The van der Waals surface area contributed by atoms with Crippen LogP contribution in [0.2, 0.25) is 5.02 Å². The predicted octanol–water partition coefficient (Wildman–Crippen LogP) is 3.19. The Balaban J connectivity index is 2.30. The molecule has 0 atom stereocenters. The summed E-state index contributed by atoms with van der Waals surface area (Å²) in [5, 5.41) is 1.94. The Hall–Kier alpha value is -2.30. The van der Waals surface area contributed by atoms with E-state index in [1.54, 1.807) is 18.2 Å². The van der Waals surface area contributed by atoms with Crippen LogP contribution in [-0.4, -0.2) is 18.1 Å². The molecule has 0 aliphatic carbocycles. The number of nitrogens with two attached hydrogens (primary N) is 1. The highest BCUT2D eigenvalue weighted by Crippen LogP contribution is 2.34. The number of ether oxygens (including phenoxy) is 1. The summed E-state index contributed by atoms with van der Waals surface area (Å²) < 4.78 is 5.81. The smallest absolute Gasteiger partial charge is 0.256 e. The largest absolute Gasteiger partial charge is 0.489 e. The molecule has 112 valence electrons. The van der Waals surface area contributed by atoms with Crippen molar-refractivity contribution >= 4 is 22.4 Å². The van der Waals surface area contributed by atoms with Gasteiger partial charge in [-0.15, -0.1) is 0 Å². The third-order valence-corrected chi connectivity index (χ3v) is 3.59. The Bertz CT molecular complexity index is 874. The Morgan fingerprint density at radius 1 is 1.09 bits per heavy atom. The molecular formula is C17H15ClN2O2. The summed E-state index contributed by atoms with van der Waals surface area (Å²) in [5.41, 5.74) is 6.79. The second-order valence-corrected chi connectivity index (χ2v) is 5.29. The molecule has 0 bridgehead atoms. The number of nitrogens with one attached hydrogen (secondary N) is 1. The van der Waals surface area contributed by atoms with Crippen LogP contribution in [0.1, 0.15) is 0 Å². The molecule has 0 aliphatic heterocycles. The highest BCUT2D eigenvalue weighted by molar-refractivity contribution is 6.30. The van der Waals surface area contributed by atoms with Gasteiger partial charge in [-0.05, 0) is 18.2 Å². The minimum atomic E-state index is -0.161. The van der Waals surface area contributed by atoms with Gasteiger partial charge in [0.25, 0.3) is 5.56 Å². The predicted molar refractivity (Wildman–Crippen MR) is 89.6 cm³/mol. The topological polar surface area (TPSA) is 68.1 Å². The first kappa shape index (κ1) is 14.6. The molecule has 1 aromatic heterocycles. The van der Waals surface area contributed by atoms with Gasteiger partial charge < -0.3 is 15.5 Å². The number of aromatic nitrogens is 1. The molecule has 0 aliphatic rings. The molecular weight excluding hydrogens is 300 g/mol. The van der Waals surface area contributed by atoms with E-state index in [1.807, 2.05) is 30.3 Å². The van der Waals surface area contributed by atoms with Crippen molar-refractivity contribution in [1.82, 2.24) is 4.98 Å². The average molecular weight is 315 g/mol. The lowest BCUT2D eigenvalue weighted by Gasteiger charge is -2.14. The van der Waals surface area contributed by atoms with Crippen molar-refractivity contribution in [3.8, 4) is 17.0 Å². The lowest BCUT2D eigenvalue weighted by Crippen LogP contribution is -2.14. The van der Waals surface area contributed by atoms with E-state index in [4.69, 9.17) is 22.1 Å². The summed E-state index contributed by atoms with van der Waals surface area (Å²) in [4.78, 5) is 15.2. The van der Waals surface area contributed by atoms with Gasteiger partial charge in [0, 0.05) is 22.5 Å². The molecule has 0 saturated carbocycles. The third-order valence-electron chi connectivity index (χ3n) is 3.36. The van der Waals surface area contributed by atoms with Crippen molar-refractivity contribution in [2.75, 3.05) is 13.2 Å². The zero-order chi connectivity index (χ0) is 15.5. The molecule has 3 N–H and O–H groups in total. The van der Waals surface area contributed by atoms with E-state index in [1.165, 1.54) is 0 Å². The minimum Gasteiger partial charge on any atom is -0.489 e. The van der Waals surface area contributed by atoms with Crippen LogP contribution >= 0.6 is 11.6 Å². The van der Waals surface area contributed by atoms with E-state index in [0.717, 1.165) is 10.9 Å². The normalized spacial score (nSPS) is 10.8. The number of rotatable bonds is 4. The summed E-state index contributed by atoms with van der Waals surface area (Å²) in [5.74, 6) is 0.614. The molecule has 3 rings (SSSR count). The van der Waals surface area contributed by atoms with Gasteiger partial charge in [0.2, 0.25) is 0 Å². The van der Waals surface area contributed by atoms with Crippen LogP contribution < -0.4 is 16.0 Å². The van der Waals surface area contributed by atoms with Crippen molar-refractivity contribution in [2.24, 2.45) is 5.73 Å². The monoisotopic (exact) mass is 314 g/mol. The molecule has 0 radical (unpaired) electrons. The Labute approximate surface area is 132 Å². The lowest BCUT2D eigenvalue weighted by atomic mass is 10.1. The van der Waals surface area contributed by atoms with E-state index in [-0.39, 0.29) is 5.56 Å².